The van der Waals surface area contributed by atoms with E-state index in [2.05, 4.69) is 10.9 Å². The molecule has 1 unspecified atom stereocenters. The minimum Gasteiger partial charge on any atom is -0.310 e. The van der Waals surface area contributed by atoms with Crippen molar-refractivity contribution in [1.29, 1.82) is 0 Å². The van der Waals surface area contributed by atoms with Crippen molar-refractivity contribution in [3.8, 4) is 12.3 Å². The van der Waals surface area contributed by atoms with Gasteiger partial charge < -0.3 is 4.90 Å². The van der Waals surface area contributed by atoms with Crippen LogP contribution in [0.3, 0.4) is 0 Å². The molecule has 0 aromatic carbocycles. The summed E-state index contributed by atoms with van der Waals surface area (Å²) < 4.78 is 0. The minimum absolute atomic E-state index is 0.00323. The van der Waals surface area contributed by atoms with Crippen LogP contribution in [0.1, 0.15) is 12.0 Å². The summed E-state index contributed by atoms with van der Waals surface area (Å²) in [6, 6.07) is 1.85. The van der Waals surface area contributed by atoms with Crippen LogP contribution in [0.4, 0.5) is 5.69 Å². The Kier molecular flexibility index (Phi) is 2.84. The SMILES string of the molecule is C#CC1CC(=O)N(c2cnc(Cl)c(C)c2)C1. The summed E-state index contributed by atoms with van der Waals surface area (Å²) in [6.07, 6.45) is 7.34. The fourth-order valence-corrected chi connectivity index (χ4v) is 1.86. The highest BCUT2D eigenvalue weighted by atomic mass is 35.5. The van der Waals surface area contributed by atoms with Crippen molar-refractivity contribution in [2.75, 3.05) is 11.4 Å². The average molecular weight is 235 g/mol. The van der Waals surface area contributed by atoms with Crippen LogP contribution in [0, 0.1) is 25.2 Å². The number of carbonyl (C=O) groups excluding carboxylic acids is 1. The highest BCUT2D eigenvalue weighted by molar-refractivity contribution is 6.30. The maximum absolute atomic E-state index is 11.7. The number of terminal acetylenes is 1. The lowest BCUT2D eigenvalue weighted by Gasteiger charge is -2.16. The van der Waals surface area contributed by atoms with Crippen LogP contribution in [0.5, 0.6) is 0 Å². The summed E-state index contributed by atoms with van der Waals surface area (Å²) in [5.74, 6) is 2.66. The smallest absolute Gasteiger partial charge is 0.228 e. The Bertz CT molecular complexity index is 478. The Morgan fingerprint density at radius 3 is 3.00 bits per heavy atom. The van der Waals surface area contributed by atoms with Crippen molar-refractivity contribution in [1.82, 2.24) is 4.98 Å². The van der Waals surface area contributed by atoms with Crippen molar-refractivity contribution in [2.45, 2.75) is 13.3 Å². The zero-order valence-electron chi connectivity index (χ0n) is 8.90. The van der Waals surface area contributed by atoms with Gasteiger partial charge in [0.25, 0.3) is 0 Å². The third-order valence-electron chi connectivity index (χ3n) is 2.67. The molecule has 1 amide bonds. The lowest BCUT2D eigenvalue weighted by Crippen LogP contribution is -2.24. The van der Waals surface area contributed by atoms with Gasteiger partial charge in [-0.3, -0.25) is 4.79 Å². The molecular weight excluding hydrogens is 224 g/mol. The molecule has 1 atom stereocenters. The molecule has 0 N–H and O–H groups in total. The molecule has 0 bridgehead atoms. The summed E-state index contributed by atoms with van der Waals surface area (Å²) in [5, 5.41) is 0.462. The van der Waals surface area contributed by atoms with E-state index in [9.17, 15) is 4.79 Å². The van der Waals surface area contributed by atoms with Gasteiger partial charge in [-0.2, -0.15) is 0 Å². The van der Waals surface area contributed by atoms with E-state index >= 15 is 0 Å². The topological polar surface area (TPSA) is 33.2 Å². The van der Waals surface area contributed by atoms with E-state index in [-0.39, 0.29) is 11.8 Å². The molecule has 0 saturated carbocycles. The highest BCUT2D eigenvalue weighted by Gasteiger charge is 2.29. The van der Waals surface area contributed by atoms with Gasteiger partial charge in [0.2, 0.25) is 5.91 Å². The van der Waals surface area contributed by atoms with Gasteiger partial charge in [-0.25, -0.2) is 4.98 Å². The number of hydrogen-bond donors (Lipinski definition) is 0. The summed E-state index contributed by atoms with van der Waals surface area (Å²) in [4.78, 5) is 17.4. The van der Waals surface area contributed by atoms with E-state index in [4.69, 9.17) is 18.0 Å². The van der Waals surface area contributed by atoms with Crippen molar-refractivity contribution >= 4 is 23.2 Å². The largest absolute Gasteiger partial charge is 0.310 e. The molecule has 3 nitrogen and oxygen atoms in total. The van der Waals surface area contributed by atoms with Crippen LogP contribution in [0.2, 0.25) is 5.15 Å². The standard InChI is InChI=1S/C12H11ClN2O/c1-3-9-5-11(16)15(7-9)10-4-8(2)12(13)14-6-10/h1,4,6,9H,5,7H2,2H3. The molecule has 1 aromatic heterocycles. The predicted molar refractivity (Wildman–Crippen MR) is 63.3 cm³/mol. The first kappa shape index (κ1) is 11.0. The van der Waals surface area contributed by atoms with E-state index in [1.54, 1.807) is 11.1 Å². The molecule has 0 spiro atoms. The first-order chi connectivity index (χ1) is 7.61. The number of rotatable bonds is 1. The van der Waals surface area contributed by atoms with Crippen molar-refractivity contribution in [3.63, 3.8) is 0 Å². The zero-order valence-corrected chi connectivity index (χ0v) is 9.66. The maximum atomic E-state index is 11.7. The van der Waals surface area contributed by atoms with Gasteiger partial charge in [0, 0.05) is 18.9 Å². The van der Waals surface area contributed by atoms with Crippen LogP contribution in [-0.2, 0) is 4.79 Å². The van der Waals surface area contributed by atoms with Gasteiger partial charge in [-0.15, -0.1) is 12.3 Å². The first-order valence-electron chi connectivity index (χ1n) is 5.00. The fraction of sp³-hybridized carbons (Fsp3) is 0.333. The van der Waals surface area contributed by atoms with E-state index in [0.29, 0.717) is 18.1 Å². The Morgan fingerprint density at radius 1 is 1.69 bits per heavy atom. The van der Waals surface area contributed by atoms with Gasteiger partial charge in [0.05, 0.1) is 11.9 Å². The van der Waals surface area contributed by atoms with Crippen molar-refractivity contribution in [2.24, 2.45) is 5.92 Å². The molecule has 16 heavy (non-hydrogen) atoms. The van der Waals surface area contributed by atoms with Crippen LogP contribution in [-0.4, -0.2) is 17.4 Å². The normalized spacial score (nSPS) is 19.9. The Labute approximate surface area is 99.4 Å². The monoisotopic (exact) mass is 234 g/mol. The van der Waals surface area contributed by atoms with Crippen molar-refractivity contribution in [3.05, 3.63) is 23.0 Å². The number of aryl methyl sites for hydroxylation is 1. The van der Waals surface area contributed by atoms with E-state index < -0.39 is 0 Å². The molecule has 2 rings (SSSR count). The lowest BCUT2D eigenvalue weighted by atomic mass is 10.1. The molecule has 1 aromatic rings. The van der Waals surface area contributed by atoms with Gasteiger partial charge in [-0.05, 0) is 18.6 Å². The molecule has 2 heterocycles. The van der Waals surface area contributed by atoms with Crippen LogP contribution < -0.4 is 4.90 Å². The quantitative estimate of drug-likeness (QED) is 0.550. The van der Waals surface area contributed by atoms with Gasteiger partial charge in [0.1, 0.15) is 5.15 Å². The fourth-order valence-electron chi connectivity index (χ4n) is 1.76. The van der Waals surface area contributed by atoms with Gasteiger partial charge >= 0.3 is 0 Å². The van der Waals surface area contributed by atoms with E-state index in [0.717, 1.165) is 11.3 Å². The number of aromatic nitrogens is 1. The summed E-state index contributed by atoms with van der Waals surface area (Å²) in [5.41, 5.74) is 1.63. The second-order valence-electron chi connectivity index (χ2n) is 3.87. The molecular formula is C12H11ClN2O. The number of pyridine rings is 1. The third kappa shape index (κ3) is 1.89. The zero-order chi connectivity index (χ0) is 11.7. The number of halogens is 1. The van der Waals surface area contributed by atoms with Crippen LogP contribution in [0.15, 0.2) is 12.3 Å². The molecule has 0 aliphatic carbocycles. The predicted octanol–water partition coefficient (Wildman–Crippen LogP) is 2.03. The van der Waals surface area contributed by atoms with Gasteiger partial charge in [0.15, 0.2) is 0 Å². The Hall–Kier alpha value is -1.53. The highest BCUT2D eigenvalue weighted by Crippen LogP contribution is 2.26. The Balaban J connectivity index is 2.29. The van der Waals surface area contributed by atoms with Crippen LogP contribution >= 0.6 is 11.6 Å². The number of hydrogen-bond acceptors (Lipinski definition) is 2. The first-order valence-corrected chi connectivity index (χ1v) is 5.38. The Morgan fingerprint density at radius 2 is 2.44 bits per heavy atom. The molecule has 1 aliphatic heterocycles. The number of nitrogens with zero attached hydrogens (tertiary/aromatic N) is 2. The molecule has 82 valence electrons. The maximum Gasteiger partial charge on any atom is 0.228 e. The van der Waals surface area contributed by atoms with Crippen LogP contribution in [0.25, 0.3) is 0 Å². The minimum atomic E-state index is 0.00323. The number of amides is 1. The van der Waals surface area contributed by atoms with Crippen molar-refractivity contribution < 1.29 is 4.79 Å². The third-order valence-corrected chi connectivity index (χ3v) is 3.07. The number of carbonyl (C=O) groups is 1. The molecule has 1 fully saturated rings. The second kappa shape index (κ2) is 4.15. The van der Waals surface area contributed by atoms with Gasteiger partial charge in [-0.1, -0.05) is 11.6 Å². The van der Waals surface area contributed by atoms with E-state index in [1.807, 2.05) is 13.0 Å². The molecule has 1 aliphatic rings. The summed E-state index contributed by atoms with van der Waals surface area (Å²) in [7, 11) is 0. The summed E-state index contributed by atoms with van der Waals surface area (Å²) in [6.45, 7) is 2.43. The molecule has 0 radical (unpaired) electrons. The van der Waals surface area contributed by atoms with E-state index in [1.165, 1.54) is 0 Å². The number of anilines is 1. The molecule has 4 heteroatoms. The molecule has 1 saturated heterocycles. The lowest BCUT2D eigenvalue weighted by molar-refractivity contribution is -0.117. The summed E-state index contributed by atoms with van der Waals surface area (Å²) >= 11 is 5.83. The second-order valence-corrected chi connectivity index (χ2v) is 4.23. The average Bonchev–Trinajstić information content (AvgIpc) is 2.64.